The van der Waals surface area contributed by atoms with Crippen molar-refractivity contribution in [3.05, 3.63) is 62.0 Å². The van der Waals surface area contributed by atoms with Gasteiger partial charge in [-0.15, -0.1) is 0 Å². The number of carbonyl (C=O) groups is 1. The molecule has 2 rings (SSSR count). The van der Waals surface area contributed by atoms with Crippen LogP contribution in [0.3, 0.4) is 0 Å². The van der Waals surface area contributed by atoms with Gasteiger partial charge >= 0.3 is 0 Å². The largest absolute Gasteiger partial charge is 0.496 e. The number of ether oxygens (including phenoxy) is 1. The molecule has 0 aliphatic rings. The minimum absolute atomic E-state index is 0.0474. The van der Waals surface area contributed by atoms with Crippen LogP contribution in [0.4, 0.5) is 0 Å². The highest BCUT2D eigenvalue weighted by Crippen LogP contribution is 2.25. The van der Waals surface area contributed by atoms with Gasteiger partial charge in [-0.1, -0.05) is 39.1 Å². The van der Waals surface area contributed by atoms with E-state index in [4.69, 9.17) is 27.9 Å². The summed E-state index contributed by atoms with van der Waals surface area (Å²) in [4.78, 5) is 12.3. The van der Waals surface area contributed by atoms with Crippen LogP contribution < -0.4 is 4.74 Å². The van der Waals surface area contributed by atoms with Crippen LogP contribution in [0.25, 0.3) is 0 Å². The molecule has 0 N–H and O–H groups in total. The second kappa shape index (κ2) is 6.61. The molecule has 0 unspecified atom stereocenters. The lowest BCUT2D eigenvalue weighted by Gasteiger charge is -2.09. The number of methoxy groups -OCH3 is 1. The smallest absolute Gasteiger partial charge is 0.167 e. The van der Waals surface area contributed by atoms with E-state index in [0.717, 1.165) is 10.0 Å². The van der Waals surface area contributed by atoms with Crippen LogP contribution in [0.15, 0.2) is 40.9 Å². The van der Waals surface area contributed by atoms with Gasteiger partial charge in [0.25, 0.3) is 0 Å². The van der Waals surface area contributed by atoms with Gasteiger partial charge < -0.3 is 4.74 Å². The number of hydrogen-bond donors (Lipinski definition) is 0. The van der Waals surface area contributed by atoms with Gasteiger partial charge in [0.05, 0.1) is 7.11 Å². The Morgan fingerprint density at radius 2 is 1.90 bits per heavy atom. The molecule has 0 radical (unpaired) electrons. The maximum absolute atomic E-state index is 12.3. The zero-order valence-electron chi connectivity index (χ0n) is 10.6. The second-order valence-corrected chi connectivity index (χ2v) is 6.00. The SMILES string of the molecule is COc1ccc(Cl)cc1CC(=O)c1cc(Cl)cc(Br)c1. The summed E-state index contributed by atoms with van der Waals surface area (Å²) in [6, 6.07) is 10.3. The third kappa shape index (κ3) is 3.75. The summed E-state index contributed by atoms with van der Waals surface area (Å²) in [5, 5.41) is 1.08. The van der Waals surface area contributed by atoms with E-state index in [1.165, 1.54) is 0 Å². The minimum atomic E-state index is -0.0474. The van der Waals surface area contributed by atoms with Crippen molar-refractivity contribution in [2.45, 2.75) is 6.42 Å². The van der Waals surface area contributed by atoms with E-state index in [-0.39, 0.29) is 12.2 Å². The molecular formula is C15H11BrCl2O2. The fraction of sp³-hybridized carbons (Fsp3) is 0.133. The Kier molecular flexibility index (Phi) is 5.08. The predicted molar refractivity (Wildman–Crippen MR) is 85.2 cm³/mol. The van der Waals surface area contributed by atoms with Gasteiger partial charge in [-0.05, 0) is 36.4 Å². The summed E-state index contributed by atoms with van der Waals surface area (Å²) in [6.07, 6.45) is 0.205. The number of benzene rings is 2. The second-order valence-electron chi connectivity index (χ2n) is 4.21. The van der Waals surface area contributed by atoms with Crippen LogP contribution in [-0.4, -0.2) is 12.9 Å². The number of rotatable bonds is 4. The predicted octanol–water partition coefficient (Wildman–Crippen LogP) is 5.19. The van der Waals surface area contributed by atoms with Crippen LogP contribution >= 0.6 is 39.1 Å². The molecule has 0 spiro atoms. The summed E-state index contributed by atoms with van der Waals surface area (Å²) < 4.78 is 6.01. The molecule has 0 aliphatic carbocycles. The lowest BCUT2D eigenvalue weighted by molar-refractivity contribution is 0.0992. The zero-order chi connectivity index (χ0) is 14.7. The molecule has 2 aromatic carbocycles. The van der Waals surface area contributed by atoms with E-state index in [0.29, 0.717) is 21.4 Å². The molecule has 20 heavy (non-hydrogen) atoms. The van der Waals surface area contributed by atoms with Gasteiger partial charge in [0.2, 0.25) is 0 Å². The monoisotopic (exact) mass is 372 g/mol. The first kappa shape index (κ1) is 15.4. The first-order chi connectivity index (χ1) is 9.49. The standard InChI is InChI=1S/C15H11BrCl2O2/c1-20-15-3-2-12(17)6-10(15)7-14(19)9-4-11(16)8-13(18)5-9/h2-6,8H,7H2,1H3. The summed E-state index contributed by atoms with van der Waals surface area (Å²) in [6.45, 7) is 0. The number of Topliss-reactive ketones (excluding diaryl/α,β-unsaturated/α-hetero) is 1. The number of halogens is 3. The summed E-state index contributed by atoms with van der Waals surface area (Å²) in [5.41, 5.74) is 1.30. The molecule has 0 fully saturated rings. The van der Waals surface area contributed by atoms with E-state index >= 15 is 0 Å². The third-order valence-corrected chi connectivity index (χ3v) is 3.69. The maximum Gasteiger partial charge on any atom is 0.167 e. The summed E-state index contributed by atoms with van der Waals surface area (Å²) in [7, 11) is 1.56. The van der Waals surface area contributed by atoms with Crippen molar-refractivity contribution in [2.75, 3.05) is 7.11 Å². The topological polar surface area (TPSA) is 26.3 Å². The van der Waals surface area contributed by atoms with Gasteiger partial charge in [-0.25, -0.2) is 0 Å². The quantitative estimate of drug-likeness (QED) is 0.689. The van der Waals surface area contributed by atoms with Crippen LogP contribution in [0.1, 0.15) is 15.9 Å². The molecule has 2 nitrogen and oxygen atoms in total. The van der Waals surface area contributed by atoms with Crippen molar-refractivity contribution in [3.63, 3.8) is 0 Å². The first-order valence-corrected chi connectivity index (χ1v) is 7.36. The number of carbonyl (C=O) groups excluding carboxylic acids is 1. The van der Waals surface area contributed by atoms with Crippen molar-refractivity contribution in [2.24, 2.45) is 0 Å². The Hall–Kier alpha value is -1.03. The molecule has 0 heterocycles. The lowest BCUT2D eigenvalue weighted by atomic mass is 10.0. The Morgan fingerprint density at radius 3 is 2.55 bits per heavy atom. The maximum atomic E-state index is 12.3. The van der Waals surface area contributed by atoms with E-state index in [1.54, 1.807) is 43.5 Å². The fourth-order valence-electron chi connectivity index (χ4n) is 1.88. The lowest BCUT2D eigenvalue weighted by Crippen LogP contribution is -2.05. The molecule has 0 atom stereocenters. The van der Waals surface area contributed by atoms with Gasteiger partial charge in [-0.3, -0.25) is 4.79 Å². The van der Waals surface area contributed by atoms with Crippen molar-refractivity contribution < 1.29 is 9.53 Å². The number of hydrogen-bond acceptors (Lipinski definition) is 2. The molecule has 0 saturated carbocycles. The molecular weight excluding hydrogens is 363 g/mol. The van der Waals surface area contributed by atoms with Crippen LogP contribution in [0.2, 0.25) is 10.0 Å². The van der Waals surface area contributed by atoms with Crippen molar-refractivity contribution in [3.8, 4) is 5.75 Å². The fourth-order valence-corrected chi connectivity index (χ4v) is 2.93. The van der Waals surface area contributed by atoms with E-state index in [1.807, 2.05) is 0 Å². The average molecular weight is 374 g/mol. The van der Waals surface area contributed by atoms with Gasteiger partial charge in [0, 0.05) is 32.1 Å². The summed E-state index contributed by atoms with van der Waals surface area (Å²) >= 11 is 15.2. The Morgan fingerprint density at radius 1 is 1.15 bits per heavy atom. The Bertz CT molecular complexity index is 636. The normalized spacial score (nSPS) is 10.4. The molecule has 2 aromatic rings. The van der Waals surface area contributed by atoms with E-state index < -0.39 is 0 Å². The van der Waals surface area contributed by atoms with Crippen molar-refractivity contribution >= 4 is 44.9 Å². The molecule has 0 aromatic heterocycles. The average Bonchev–Trinajstić information content (AvgIpc) is 2.37. The van der Waals surface area contributed by atoms with Crippen LogP contribution in [0, 0.1) is 0 Å². The van der Waals surface area contributed by atoms with Crippen LogP contribution in [-0.2, 0) is 6.42 Å². The Labute approximate surface area is 135 Å². The molecule has 0 bridgehead atoms. The summed E-state index contributed by atoms with van der Waals surface area (Å²) in [5.74, 6) is 0.595. The van der Waals surface area contributed by atoms with Gasteiger partial charge in [0.15, 0.2) is 5.78 Å². The van der Waals surface area contributed by atoms with E-state index in [9.17, 15) is 4.79 Å². The minimum Gasteiger partial charge on any atom is -0.496 e. The molecule has 104 valence electrons. The first-order valence-electron chi connectivity index (χ1n) is 5.81. The van der Waals surface area contributed by atoms with Crippen molar-refractivity contribution in [1.29, 1.82) is 0 Å². The van der Waals surface area contributed by atoms with Gasteiger partial charge in [-0.2, -0.15) is 0 Å². The molecule has 0 saturated heterocycles. The molecule has 0 amide bonds. The highest BCUT2D eigenvalue weighted by molar-refractivity contribution is 9.10. The van der Waals surface area contributed by atoms with Crippen LogP contribution in [0.5, 0.6) is 5.75 Å². The van der Waals surface area contributed by atoms with Gasteiger partial charge in [0.1, 0.15) is 5.75 Å². The Balaban J connectivity index is 2.29. The van der Waals surface area contributed by atoms with Crippen molar-refractivity contribution in [1.82, 2.24) is 0 Å². The zero-order valence-corrected chi connectivity index (χ0v) is 13.7. The van der Waals surface area contributed by atoms with E-state index in [2.05, 4.69) is 15.9 Å². The molecule has 5 heteroatoms. The number of ketones is 1. The molecule has 0 aliphatic heterocycles. The highest BCUT2D eigenvalue weighted by Gasteiger charge is 2.12. The third-order valence-electron chi connectivity index (χ3n) is 2.78. The highest BCUT2D eigenvalue weighted by atomic mass is 79.9.